The van der Waals surface area contributed by atoms with Crippen LogP contribution in [-0.2, 0) is 0 Å². The number of nitrogen functional groups attached to an aromatic ring is 1. The molecule has 0 spiro atoms. The van der Waals surface area contributed by atoms with Gasteiger partial charge in [-0.2, -0.15) is 0 Å². The third-order valence-corrected chi connectivity index (χ3v) is 3.01. The lowest BCUT2D eigenvalue weighted by Gasteiger charge is -2.10. The van der Waals surface area contributed by atoms with Gasteiger partial charge in [0.2, 0.25) is 0 Å². The van der Waals surface area contributed by atoms with Crippen LogP contribution in [-0.4, -0.2) is 26.2 Å². The van der Waals surface area contributed by atoms with Crippen molar-refractivity contribution in [1.29, 1.82) is 0 Å². The highest BCUT2D eigenvalue weighted by atomic mass is 16.5. The molecule has 0 atom stereocenters. The molecule has 7 heteroatoms. The monoisotopic (exact) mass is 315 g/mol. The maximum absolute atomic E-state index is 11.9. The fraction of sp³-hybridized carbons (Fsp3) is 0.125. The van der Waals surface area contributed by atoms with Crippen LogP contribution in [0.25, 0.3) is 0 Å². The van der Waals surface area contributed by atoms with Gasteiger partial charge >= 0.3 is 6.03 Å². The number of urea groups is 1. The summed E-state index contributed by atoms with van der Waals surface area (Å²) in [4.78, 5) is 23.9. The van der Waals surface area contributed by atoms with E-state index in [1.807, 2.05) is 0 Å². The summed E-state index contributed by atoms with van der Waals surface area (Å²) in [6.07, 6.45) is 0. The smallest absolute Gasteiger partial charge is 0.326 e. The third kappa shape index (κ3) is 4.37. The molecule has 7 nitrogen and oxygen atoms in total. The Hall–Kier alpha value is -3.22. The molecule has 0 unspecified atom stereocenters. The van der Waals surface area contributed by atoms with Crippen molar-refractivity contribution in [2.75, 3.05) is 25.3 Å². The number of nitrogens with two attached hydrogens (primary N) is 1. The molecule has 0 radical (unpaired) electrons. The van der Waals surface area contributed by atoms with Gasteiger partial charge in [0.05, 0.1) is 14.2 Å². The van der Waals surface area contributed by atoms with Crippen molar-refractivity contribution in [2.24, 2.45) is 0 Å². The van der Waals surface area contributed by atoms with Crippen LogP contribution in [0.2, 0.25) is 0 Å². The molecule has 0 fully saturated rings. The Kier molecular flexibility index (Phi) is 5.03. The summed E-state index contributed by atoms with van der Waals surface area (Å²) >= 11 is 0. The van der Waals surface area contributed by atoms with Crippen molar-refractivity contribution in [2.45, 2.75) is 0 Å². The van der Waals surface area contributed by atoms with E-state index in [9.17, 15) is 9.59 Å². The number of hydrogen-bond acceptors (Lipinski definition) is 5. The first kappa shape index (κ1) is 16.2. The van der Waals surface area contributed by atoms with Gasteiger partial charge in [0.1, 0.15) is 11.5 Å². The van der Waals surface area contributed by atoms with Crippen LogP contribution in [0.3, 0.4) is 0 Å². The molecule has 0 aliphatic carbocycles. The molecule has 120 valence electrons. The van der Waals surface area contributed by atoms with Crippen molar-refractivity contribution < 1.29 is 19.1 Å². The molecule has 2 rings (SSSR count). The van der Waals surface area contributed by atoms with Gasteiger partial charge in [-0.3, -0.25) is 10.1 Å². The van der Waals surface area contributed by atoms with Crippen LogP contribution in [0.5, 0.6) is 11.5 Å². The second-order valence-corrected chi connectivity index (χ2v) is 4.63. The Balaban J connectivity index is 2.04. The van der Waals surface area contributed by atoms with E-state index in [2.05, 4.69) is 10.6 Å². The van der Waals surface area contributed by atoms with Crippen LogP contribution in [0.1, 0.15) is 10.4 Å². The number of imide groups is 1. The molecule has 0 aliphatic rings. The molecule has 0 saturated heterocycles. The number of rotatable bonds is 4. The van der Waals surface area contributed by atoms with Crippen molar-refractivity contribution in [3.8, 4) is 11.5 Å². The highest BCUT2D eigenvalue weighted by Gasteiger charge is 2.11. The van der Waals surface area contributed by atoms with Crippen molar-refractivity contribution in [3.05, 3.63) is 48.0 Å². The summed E-state index contributed by atoms with van der Waals surface area (Å²) < 4.78 is 10.2. The van der Waals surface area contributed by atoms with Gasteiger partial charge in [-0.15, -0.1) is 0 Å². The Morgan fingerprint density at radius 1 is 0.957 bits per heavy atom. The maximum atomic E-state index is 11.9. The van der Waals surface area contributed by atoms with Gasteiger partial charge in [-0.25, -0.2) is 4.79 Å². The number of carbonyl (C=O) groups excluding carboxylic acids is 2. The quantitative estimate of drug-likeness (QED) is 0.751. The number of methoxy groups -OCH3 is 2. The zero-order chi connectivity index (χ0) is 16.8. The molecule has 0 bridgehead atoms. The average molecular weight is 315 g/mol. The van der Waals surface area contributed by atoms with E-state index in [4.69, 9.17) is 15.2 Å². The second kappa shape index (κ2) is 7.17. The average Bonchev–Trinajstić information content (AvgIpc) is 2.54. The first-order valence-corrected chi connectivity index (χ1v) is 6.73. The predicted molar refractivity (Wildman–Crippen MR) is 86.9 cm³/mol. The third-order valence-electron chi connectivity index (χ3n) is 3.01. The van der Waals surface area contributed by atoms with Gasteiger partial charge in [0.25, 0.3) is 5.91 Å². The molecule has 23 heavy (non-hydrogen) atoms. The summed E-state index contributed by atoms with van der Waals surface area (Å²) in [6.45, 7) is 0. The van der Waals surface area contributed by atoms with Gasteiger partial charge in [-0.05, 0) is 24.3 Å². The van der Waals surface area contributed by atoms with Gasteiger partial charge < -0.3 is 20.5 Å². The van der Waals surface area contributed by atoms with Gasteiger partial charge in [0, 0.05) is 35.1 Å². The van der Waals surface area contributed by atoms with Crippen LogP contribution in [0.15, 0.2) is 42.5 Å². The normalized spacial score (nSPS) is 9.83. The first-order chi connectivity index (χ1) is 11.0. The van der Waals surface area contributed by atoms with E-state index in [-0.39, 0.29) is 0 Å². The first-order valence-electron chi connectivity index (χ1n) is 6.73. The lowest BCUT2D eigenvalue weighted by molar-refractivity contribution is 0.0967. The van der Waals surface area contributed by atoms with E-state index in [0.717, 1.165) is 0 Å². The Morgan fingerprint density at radius 2 is 1.52 bits per heavy atom. The highest BCUT2D eigenvalue weighted by molar-refractivity contribution is 6.08. The Labute approximate surface area is 133 Å². The minimum atomic E-state index is -0.665. The standard InChI is InChI=1S/C16H17N3O4/c1-22-13-7-12(8-14(9-13)23-2)18-16(21)19-15(20)10-3-5-11(17)6-4-10/h3-9H,17H2,1-2H3,(H2,18,19,20,21). The van der Waals surface area contributed by atoms with E-state index < -0.39 is 11.9 Å². The van der Waals surface area contributed by atoms with Crippen molar-refractivity contribution >= 4 is 23.3 Å². The Morgan fingerprint density at radius 3 is 2.04 bits per heavy atom. The molecular formula is C16H17N3O4. The number of benzene rings is 2. The molecule has 0 saturated carbocycles. The number of hydrogen-bond donors (Lipinski definition) is 3. The number of carbonyl (C=O) groups is 2. The van der Waals surface area contributed by atoms with E-state index in [1.165, 1.54) is 26.4 Å². The molecular weight excluding hydrogens is 298 g/mol. The zero-order valence-corrected chi connectivity index (χ0v) is 12.8. The molecule has 3 amide bonds. The number of anilines is 2. The van der Waals surface area contributed by atoms with E-state index in [1.54, 1.807) is 30.3 Å². The van der Waals surface area contributed by atoms with Crippen LogP contribution in [0, 0.1) is 0 Å². The van der Waals surface area contributed by atoms with Crippen LogP contribution < -0.4 is 25.8 Å². The van der Waals surface area contributed by atoms with E-state index >= 15 is 0 Å². The lowest BCUT2D eigenvalue weighted by atomic mass is 10.2. The molecule has 0 aliphatic heterocycles. The van der Waals surface area contributed by atoms with Crippen LogP contribution in [0.4, 0.5) is 16.2 Å². The minimum absolute atomic E-state index is 0.331. The lowest BCUT2D eigenvalue weighted by Crippen LogP contribution is -2.34. The molecule has 2 aromatic carbocycles. The second-order valence-electron chi connectivity index (χ2n) is 4.63. The van der Waals surface area contributed by atoms with Crippen molar-refractivity contribution in [1.82, 2.24) is 5.32 Å². The molecule has 0 aromatic heterocycles. The molecule has 0 heterocycles. The van der Waals surface area contributed by atoms with E-state index in [0.29, 0.717) is 28.4 Å². The maximum Gasteiger partial charge on any atom is 0.326 e. The summed E-state index contributed by atoms with van der Waals surface area (Å²) in [7, 11) is 3.01. The summed E-state index contributed by atoms with van der Waals surface area (Å²) in [6, 6.07) is 10.5. The van der Waals surface area contributed by atoms with Crippen molar-refractivity contribution in [3.63, 3.8) is 0 Å². The van der Waals surface area contributed by atoms with Gasteiger partial charge in [0.15, 0.2) is 0 Å². The summed E-state index contributed by atoms with van der Waals surface area (Å²) in [5.41, 5.74) is 6.85. The Bertz CT molecular complexity index is 692. The molecule has 2 aromatic rings. The predicted octanol–water partition coefficient (Wildman–Crippen LogP) is 2.25. The number of ether oxygens (including phenoxy) is 2. The number of nitrogens with one attached hydrogen (secondary N) is 2. The SMILES string of the molecule is COc1cc(NC(=O)NC(=O)c2ccc(N)cc2)cc(OC)c1. The summed E-state index contributed by atoms with van der Waals surface area (Å²) in [5, 5.41) is 4.78. The largest absolute Gasteiger partial charge is 0.497 e. The zero-order valence-electron chi connectivity index (χ0n) is 12.8. The summed E-state index contributed by atoms with van der Waals surface area (Å²) in [5.74, 6) is 0.506. The fourth-order valence-electron chi connectivity index (χ4n) is 1.85. The minimum Gasteiger partial charge on any atom is -0.497 e. The van der Waals surface area contributed by atoms with Crippen LogP contribution >= 0.6 is 0 Å². The number of amides is 3. The molecule has 4 N–H and O–H groups in total. The highest BCUT2D eigenvalue weighted by Crippen LogP contribution is 2.25. The van der Waals surface area contributed by atoms with Gasteiger partial charge in [-0.1, -0.05) is 0 Å². The topological polar surface area (TPSA) is 103 Å². The fourth-order valence-corrected chi connectivity index (χ4v) is 1.85.